The number of hydrogen-bond donors (Lipinski definition) is 1. The van der Waals surface area contributed by atoms with Crippen LogP contribution in [0.15, 0.2) is 29.2 Å². The number of rotatable bonds is 6. The molecule has 0 radical (unpaired) electrons. The van der Waals surface area contributed by atoms with Crippen molar-refractivity contribution in [3.8, 4) is 5.75 Å². The van der Waals surface area contributed by atoms with Gasteiger partial charge in [0.15, 0.2) is 0 Å². The van der Waals surface area contributed by atoms with Gasteiger partial charge in [0.05, 0.1) is 12.0 Å². The molecule has 1 aromatic rings. The van der Waals surface area contributed by atoms with E-state index in [1.165, 1.54) is 31.4 Å². The zero-order chi connectivity index (χ0) is 13.6. The van der Waals surface area contributed by atoms with Crippen molar-refractivity contribution in [1.29, 1.82) is 0 Å². The summed E-state index contributed by atoms with van der Waals surface area (Å²) in [5.74, 6) is -0.0773. The molecule has 0 amide bonds. The summed E-state index contributed by atoms with van der Waals surface area (Å²) in [5, 5.41) is 0. The van der Waals surface area contributed by atoms with Gasteiger partial charge in [-0.1, -0.05) is 6.92 Å². The van der Waals surface area contributed by atoms with Gasteiger partial charge in [0, 0.05) is 6.42 Å². The van der Waals surface area contributed by atoms with Crippen LogP contribution >= 0.6 is 0 Å². The zero-order valence-corrected chi connectivity index (χ0v) is 11.0. The molecule has 0 unspecified atom stereocenters. The first-order chi connectivity index (χ1) is 8.49. The lowest BCUT2D eigenvalue weighted by atomic mass is 10.3. The molecule has 1 rings (SSSR count). The minimum absolute atomic E-state index is 0.00685. The van der Waals surface area contributed by atoms with Gasteiger partial charge in [0.2, 0.25) is 0 Å². The maximum absolute atomic E-state index is 11.7. The highest BCUT2D eigenvalue weighted by Gasteiger charge is 2.16. The van der Waals surface area contributed by atoms with Crippen LogP contribution in [0.2, 0.25) is 0 Å². The Labute approximate surface area is 106 Å². The van der Waals surface area contributed by atoms with Gasteiger partial charge < -0.3 is 9.57 Å². The summed E-state index contributed by atoms with van der Waals surface area (Å²) in [5.41, 5.74) is 0. The maximum Gasteiger partial charge on any atom is 0.326 e. The molecule has 0 saturated heterocycles. The zero-order valence-electron chi connectivity index (χ0n) is 10.2. The second-order valence-corrected chi connectivity index (χ2v) is 5.13. The van der Waals surface area contributed by atoms with E-state index in [0.717, 1.165) is 0 Å². The highest BCUT2D eigenvalue weighted by molar-refractivity contribution is 7.89. The Kier molecular flexibility index (Phi) is 5.11. The van der Waals surface area contributed by atoms with E-state index >= 15 is 0 Å². The minimum atomic E-state index is -3.85. The van der Waals surface area contributed by atoms with Gasteiger partial charge >= 0.3 is 5.97 Å². The molecule has 100 valence electrons. The van der Waals surface area contributed by atoms with Crippen LogP contribution in [0.4, 0.5) is 0 Å². The standard InChI is InChI=1S/C11H15NO5S/c1-3-4-11(13)17-12-18(14,15)10-7-5-9(16-2)6-8-10/h5-8,12H,3-4H2,1-2H3. The fourth-order valence-electron chi connectivity index (χ4n) is 1.16. The molecule has 0 heterocycles. The second-order valence-electron chi connectivity index (χ2n) is 3.49. The molecule has 1 aromatic carbocycles. The summed E-state index contributed by atoms with van der Waals surface area (Å²) in [7, 11) is -2.37. The van der Waals surface area contributed by atoms with Gasteiger partial charge in [-0.15, -0.1) is 0 Å². The number of ether oxygens (including phenoxy) is 1. The van der Waals surface area contributed by atoms with Crippen molar-refractivity contribution in [2.45, 2.75) is 24.7 Å². The van der Waals surface area contributed by atoms with Gasteiger partial charge in [0.25, 0.3) is 10.0 Å². The molecule has 0 atom stereocenters. The third-order valence-corrected chi connectivity index (χ3v) is 3.28. The van der Waals surface area contributed by atoms with Crippen LogP contribution in [0.1, 0.15) is 19.8 Å². The SMILES string of the molecule is CCCC(=O)ONS(=O)(=O)c1ccc(OC)cc1. The fourth-order valence-corrected chi connectivity index (χ4v) is 1.95. The van der Waals surface area contributed by atoms with Crippen molar-refractivity contribution < 1.29 is 22.8 Å². The molecular formula is C11H15NO5S. The lowest BCUT2D eigenvalue weighted by Crippen LogP contribution is -2.27. The van der Waals surface area contributed by atoms with Crippen LogP contribution in [0.25, 0.3) is 0 Å². The molecule has 0 aliphatic carbocycles. The van der Waals surface area contributed by atoms with Crippen LogP contribution in [-0.2, 0) is 19.7 Å². The maximum atomic E-state index is 11.7. The topological polar surface area (TPSA) is 81.7 Å². The predicted molar refractivity (Wildman–Crippen MR) is 64.3 cm³/mol. The summed E-state index contributed by atoms with van der Waals surface area (Å²) < 4.78 is 28.3. The van der Waals surface area contributed by atoms with Gasteiger partial charge in [-0.05, 0) is 35.6 Å². The van der Waals surface area contributed by atoms with Gasteiger partial charge in [-0.25, -0.2) is 8.42 Å². The van der Waals surface area contributed by atoms with E-state index in [1.54, 1.807) is 11.8 Å². The lowest BCUT2D eigenvalue weighted by Gasteiger charge is -2.07. The number of sulfonamides is 1. The van der Waals surface area contributed by atoms with Crippen molar-refractivity contribution in [3.63, 3.8) is 0 Å². The first-order valence-electron chi connectivity index (χ1n) is 5.35. The Morgan fingerprint density at radius 3 is 2.39 bits per heavy atom. The number of methoxy groups -OCH3 is 1. The lowest BCUT2D eigenvalue weighted by molar-refractivity contribution is -0.147. The normalized spacial score (nSPS) is 11.0. The highest BCUT2D eigenvalue weighted by atomic mass is 32.2. The van der Waals surface area contributed by atoms with E-state index < -0.39 is 16.0 Å². The van der Waals surface area contributed by atoms with Crippen LogP contribution in [0.3, 0.4) is 0 Å². The van der Waals surface area contributed by atoms with E-state index in [4.69, 9.17) is 4.74 Å². The Morgan fingerprint density at radius 1 is 1.28 bits per heavy atom. The molecule has 0 fully saturated rings. The van der Waals surface area contributed by atoms with Gasteiger partial charge in [-0.3, -0.25) is 4.79 Å². The molecular weight excluding hydrogens is 258 g/mol. The minimum Gasteiger partial charge on any atom is -0.497 e. The van der Waals surface area contributed by atoms with E-state index in [2.05, 4.69) is 4.84 Å². The summed E-state index contributed by atoms with van der Waals surface area (Å²) in [6.07, 6.45) is 0.744. The molecule has 0 aromatic heterocycles. The fraction of sp³-hybridized carbons (Fsp3) is 0.364. The molecule has 0 bridgehead atoms. The van der Waals surface area contributed by atoms with Gasteiger partial charge in [-0.2, -0.15) is 0 Å². The quantitative estimate of drug-likeness (QED) is 0.788. The summed E-state index contributed by atoms with van der Waals surface area (Å²) in [6.45, 7) is 1.79. The van der Waals surface area contributed by atoms with Crippen molar-refractivity contribution in [2.24, 2.45) is 0 Å². The highest BCUT2D eigenvalue weighted by Crippen LogP contribution is 2.15. The third kappa shape index (κ3) is 4.01. The Morgan fingerprint density at radius 2 is 1.89 bits per heavy atom. The smallest absolute Gasteiger partial charge is 0.326 e. The van der Waals surface area contributed by atoms with Crippen molar-refractivity contribution in [2.75, 3.05) is 7.11 Å². The molecule has 1 N–H and O–H groups in total. The molecule has 0 spiro atoms. The Bertz CT molecular complexity index is 495. The monoisotopic (exact) mass is 273 g/mol. The van der Waals surface area contributed by atoms with E-state index in [0.29, 0.717) is 12.2 Å². The van der Waals surface area contributed by atoms with Crippen LogP contribution < -0.4 is 9.62 Å². The van der Waals surface area contributed by atoms with E-state index in [1.807, 2.05) is 0 Å². The van der Waals surface area contributed by atoms with Gasteiger partial charge in [0.1, 0.15) is 5.75 Å². The molecule has 18 heavy (non-hydrogen) atoms. The van der Waals surface area contributed by atoms with Crippen molar-refractivity contribution in [1.82, 2.24) is 4.89 Å². The molecule has 0 saturated carbocycles. The number of benzene rings is 1. The van der Waals surface area contributed by atoms with Crippen LogP contribution in [0.5, 0.6) is 5.75 Å². The first-order valence-corrected chi connectivity index (χ1v) is 6.83. The Hall–Kier alpha value is -1.60. The summed E-state index contributed by atoms with van der Waals surface area (Å²) >= 11 is 0. The van der Waals surface area contributed by atoms with E-state index in [9.17, 15) is 13.2 Å². The number of carbonyl (C=O) groups is 1. The molecule has 0 aliphatic rings. The van der Waals surface area contributed by atoms with Crippen molar-refractivity contribution >= 4 is 16.0 Å². The van der Waals surface area contributed by atoms with E-state index in [-0.39, 0.29) is 11.3 Å². The largest absolute Gasteiger partial charge is 0.497 e. The second kappa shape index (κ2) is 6.36. The number of hydrogen-bond acceptors (Lipinski definition) is 5. The Balaban J connectivity index is 2.70. The van der Waals surface area contributed by atoms with Crippen molar-refractivity contribution in [3.05, 3.63) is 24.3 Å². The summed E-state index contributed by atoms with van der Waals surface area (Å²) in [4.78, 5) is 17.3. The van der Waals surface area contributed by atoms with Crippen LogP contribution in [-0.4, -0.2) is 21.5 Å². The van der Waals surface area contributed by atoms with Crippen LogP contribution in [0, 0.1) is 0 Å². The first kappa shape index (κ1) is 14.5. The number of nitrogens with one attached hydrogen (secondary N) is 1. The third-order valence-electron chi connectivity index (χ3n) is 2.09. The number of carbonyl (C=O) groups excluding carboxylic acids is 1. The molecule has 0 aliphatic heterocycles. The molecule has 7 heteroatoms. The predicted octanol–water partition coefficient (Wildman–Crippen LogP) is 1.23. The summed E-state index contributed by atoms with van der Waals surface area (Å²) in [6, 6.07) is 5.72. The average Bonchev–Trinajstić information content (AvgIpc) is 2.37. The molecule has 6 nitrogen and oxygen atoms in total. The average molecular weight is 273 g/mol.